The number of benzene rings is 2. The molecule has 138 valence electrons. The number of aromatic nitrogens is 3. The van der Waals surface area contributed by atoms with Crippen molar-refractivity contribution < 1.29 is 14.3 Å². The Morgan fingerprint density at radius 2 is 2.04 bits per heavy atom. The van der Waals surface area contributed by atoms with Gasteiger partial charge in [-0.3, -0.25) is 14.9 Å². The summed E-state index contributed by atoms with van der Waals surface area (Å²) >= 11 is 0. The van der Waals surface area contributed by atoms with E-state index in [1.807, 2.05) is 42.5 Å². The second kappa shape index (κ2) is 6.70. The molecular weight excluding hydrogens is 356 g/mol. The molecule has 1 aliphatic heterocycles. The molecule has 5 rings (SSSR count). The molecule has 0 saturated carbocycles. The van der Waals surface area contributed by atoms with Crippen molar-refractivity contribution in [1.29, 1.82) is 0 Å². The molecule has 0 bridgehead atoms. The van der Waals surface area contributed by atoms with Crippen LogP contribution in [0.2, 0.25) is 0 Å². The number of pyridine rings is 1. The predicted octanol–water partition coefficient (Wildman–Crippen LogP) is 3.28. The number of carbonyl (C=O) groups excluding carboxylic acids is 1. The fraction of sp³-hybridized carbons (Fsp3) is 0.0952. The topological polar surface area (TPSA) is 89.1 Å². The van der Waals surface area contributed by atoms with Crippen LogP contribution in [-0.4, -0.2) is 27.9 Å². The Morgan fingerprint density at radius 1 is 1.11 bits per heavy atom. The van der Waals surface area contributed by atoms with Gasteiger partial charge in [-0.1, -0.05) is 6.07 Å². The van der Waals surface area contributed by atoms with Crippen molar-refractivity contribution in [3.8, 4) is 22.8 Å². The largest absolute Gasteiger partial charge is 0.454 e. The molecule has 2 aromatic heterocycles. The number of hydrogen-bond acceptors (Lipinski definition) is 5. The number of fused-ring (bicyclic) bond motifs is 2. The van der Waals surface area contributed by atoms with E-state index in [0.29, 0.717) is 17.9 Å². The highest BCUT2D eigenvalue weighted by molar-refractivity contribution is 6.01. The van der Waals surface area contributed by atoms with Crippen molar-refractivity contribution in [2.75, 3.05) is 6.79 Å². The summed E-state index contributed by atoms with van der Waals surface area (Å²) in [5, 5.41) is 11.2. The maximum atomic E-state index is 12.7. The molecule has 0 radical (unpaired) electrons. The first-order chi connectivity index (χ1) is 13.8. The summed E-state index contributed by atoms with van der Waals surface area (Å²) in [6.07, 6.45) is 3.47. The molecule has 4 aromatic rings. The van der Waals surface area contributed by atoms with Crippen molar-refractivity contribution in [1.82, 2.24) is 20.5 Å². The molecule has 0 atom stereocenters. The Morgan fingerprint density at radius 3 is 2.93 bits per heavy atom. The van der Waals surface area contributed by atoms with Gasteiger partial charge in [-0.2, -0.15) is 5.10 Å². The van der Waals surface area contributed by atoms with E-state index in [0.717, 1.165) is 33.5 Å². The van der Waals surface area contributed by atoms with Gasteiger partial charge in [0.1, 0.15) is 5.69 Å². The zero-order valence-electron chi connectivity index (χ0n) is 14.8. The van der Waals surface area contributed by atoms with Crippen molar-refractivity contribution in [2.24, 2.45) is 0 Å². The maximum absolute atomic E-state index is 12.7. The minimum Gasteiger partial charge on any atom is -0.454 e. The van der Waals surface area contributed by atoms with Gasteiger partial charge >= 0.3 is 0 Å². The van der Waals surface area contributed by atoms with Crippen molar-refractivity contribution >= 4 is 16.8 Å². The molecule has 1 aliphatic rings. The Balaban J connectivity index is 1.37. The van der Waals surface area contributed by atoms with Crippen molar-refractivity contribution in [3.05, 3.63) is 72.1 Å². The summed E-state index contributed by atoms with van der Waals surface area (Å²) in [6.45, 7) is 0.628. The van der Waals surface area contributed by atoms with Crippen LogP contribution in [0.5, 0.6) is 11.5 Å². The second-order valence-electron chi connectivity index (χ2n) is 6.44. The minimum absolute atomic E-state index is 0.155. The van der Waals surface area contributed by atoms with Gasteiger partial charge in [0.15, 0.2) is 11.5 Å². The number of carbonyl (C=O) groups is 1. The van der Waals surface area contributed by atoms with Gasteiger partial charge in [-0.25, -0.2) is 0 Å². The number of amides is 1. The van der Waals surface area contributed by atoms with Gasteiger partial charge in [0.25, 0.3) is 5.91 Å². The van der Waals surface area contributed by atoms with Gasteiger partial charge in [0.2, 0.25) is 6.79 Å². The highest BCUT2D eigenvalue weighted by Crippen LogP contribution is 2.32. The minimum atomic E-state index is -0.155. The molecule has 0 saturated heterocycles. The van der Waals surface area contributed by atoms with Gasteiger partial charge in [-0.05, 0) is 48.0 Å². The van der Waals surface area contributed by atoms with E-state index >= 15 is 0 Å². The lowest BCUT2D eigenvalue weighted by atomic mass is 10.1. The number of H-pyrrole nitrogens is 1. The van der Waals surface area contributed by atoms with Crippen LogP contribution in [0.15, 0.2) is 60.9 Å². The average Bonchev–Trinajstić information content (AvgIpc) is 3.38. The SMILES string of the molecule is O=C(NCc1ccc2c(c1)OCO2)c1ccc2[nH]nc(-c3cccnc3)c2c1. The standard InChI is InChI=1S/C21H16N4O3/c26-21(23-10-13-3-6-18-19(8-13)28-12-27-18)14-4-5-17-16(9-14)20(25-24-17)15-2-1-7-22-11-15/h1-9,11H,10,12H2,(H,23,26)(H,24,25). The lowest BCUT2D eigenvalue weighted by molar-refractivity contribution is 0.0951. The Bertz CT molecular complexity index is 1170. The smallest absolute Gasteiger partial charge is 0.251 e. The first kappa shape index (κ1) is 16.3. The Hall–Kier alpha value is -3.87. The first-order valence-corrected chi connectivity index (χ1v) is 8.83. The fourth-order valence-electron chi connectivity index (χ4n) is 3.21. The third-order valence-corrected chi connectivity index (χ3v) is 4.65. The third-order valence-electron chi connectivity index (χ3n) is 4.65. The molecule has 0 aliphatic carbocycles. The van der Waals surface area contributed by atoms with Gasteiger partial charge in [-0.15, -0.1) is 0 Å². The molecule has 3 heterocycles. The number of hydrogen-bond donors (Lipinski definition) is 2. The Kier molecular flexibility index (Phi) is 3.90. The van der Waals surface area contributed by atoms with Crippen LogP contribution in [0.4, 0.5) is 0 Å². The summed E-state index contributed by atoms with van der Waals surface area (Å²) in [5.74, 6) is 1.27. The van der Waals surface area contributed by atoms with Gasteiger partial charge in [0, 0.05) is 35.5 Å². The Labute approximate surface area is 160 Å². The summed E-state index contributed by atoms with van der Waals surface area (Å²) < 4.78 is 10.7. The molecule has 0 unspecified atom stereocenters. The first-order valence-electron chi connectivity index (χ1n) is 8.83. The van der Waals surface area contributed by atoms with E-state index in [1.54, 1.807) is 18.5 Å². The van der Waals surface area contributed by atoms with Crippen LogP contribution in [0.25, 0.3) is 22.2 Å². The van der Waals surface area contributed by atoms with Gasteiger partial charge < -0.3 is 14.8 Å². The van der Waals surface area contributed by atoms with Crippen LogP contribution >= 0.6 is 0 Å². The predicted molar refractivity (Wildman–Crippen MR) is 103 cm³/mol. The number of nitrogens with zero attached hydrogens (tertiary/aromatic N) is 2. The highest BCUT2D eigenvalue weighted by atomic mass is 16.7. The molecule has 7 heteroatoms. The molecular formula is C21H16N4O3. The van der Waals surface area contributed by atoms with Crippen LogP contribution in [0.1, 0.15) is 15.9 Å². The lowest BCUT2D eigenvalue weighted by Gasteiger charge is -2.07. The molecule has 2 aromatic carbocycles. The monoisotopic (exact) mass is 372 g/mol. The number of rotatable bonds is 4. The zero-order chi connectivity index (χ0) is 18.9. The van der Waals surface area contributed by atoms with E-state index in [1.165, 1.54) is 0 Å². The molecule has 2 N–H and O–H groups in total. The normalized spacial score (nSPS) is 12.3. The second-order valence-corrected chi connectivity index (χ2v) is 6.44. The third kappa shape index (κ3) is 2.92. The number of nitrogens with one attached hydrogen (secondary N) is 2. The van der Waals surface area contributed by atoms with Crippen LogP contribution < -0.4 is 14.8 Å². The molecule has 28 heavy (non-hydrogen) atoms. The van der Waals surface area contributed by atoms with Crippen LogP contribution in [0.3, 0.4) is 0 Å². The van der Waals surface area contributed by atoms with Crippen molar-refractivity contribution in [2.45, 2.75) is 6.54 Å². The van der Waals surface area contributed by atoms with E-state index in [2.05, 4.69) is 20.5 Å². The summed E-state index contributed by atoms with van der Waals surface area (Å²) in [6, 6.07) is 14.9. The summed E-state index contributed by atoms with van der Waals surface area (Å²) in [7, 11) is 0. The fourth-order valence-corrected chi connectivity index (χ4v) is 3.21. The quantitative estimate of drug-likeness (QED) is 0.574. The van der Waals surface area contributed by atoms with Crippen molar-refractivity contribution in [3.63, 3.8) is 0 Å². The molecule has 0 spiro atoms. The van der Waals surface area contributed by atoms with Crippen LogP contribution in [0, 0.1) is 0 Å². The summed E-state index contributed by atoms with van der Waals surface area (Å²) in [4.78, 5) is 16.8. The zero-order valence-corrected chi connectivity index (χ0v) is 14.8. The molecule has 1 amide bonds. The average molecular weight is 372 g/mol. The van der Waals surface area contributed by atoms with E-state index in [9.17, 15) is 4.79 Å². The van der Waals surface area contributed by atoms with Crippen LogP contribution in [-0.2, 0) is 6.54 Å². The maximum Gasteiger partial charge on any atom is 0.251 e. The van der Waals surface area contributed by atoms with Gasteiger partial charge in [0.05, 0.1) is 5.52 Å². The molecule has 0 fully saturated rings. The summed E-state index contributed by atoms with van der Waals surface area (Å²) in [5.41, 5.74) is 4.05. The van der Waals surface area contributed by atoms with E-state index in [-0.39, 0.29) is 12.7 Å². The molecule has 7 nitrogen and oxygen atoms in total. The number of aromatic amines is 1. The van der Waals surface area contributed by atoms with E-state index < -0.39 is 0 Å². The number of ether oxygens (including phenoxy) is 2. The lowest BCUT2D eigenvalue weighted by Crippen LogP contribution is -2.22. The highest BCUT2D eigenvalue weighted by Gasteiger charge is 2.15. The van der Waals surface area contributed by atoms with E-state index in [4.69, 9.17) is 9.47 Å².